The number of benzene rings is 3. The molecule has 51 heavy (non-hydrogen) atoms. The fourth-order valence-corrected chi connectivity index (χ4v) is 6.27. The summed E-state index contributed by atoms with van der Waals surface area (Å²) in [6, 6.07) is 18.1. The van der Waals surface area contributed by atoms with Crippen LogP contribution in [0.15, 0.2) is 90.1 Å². The third-order valence-corrected chi connectivity index (χ3v) is 8.85. The zero-order valence-electron chi connectivity index (χ0n) is 29.6. The van der Waals surface area contributed by atoms with Crippen molar-refractivity contribution in [2.24, 2.45) is 5.73 Å². The van der Waals surface area contributed by atoms with E-state index in [9.17, 15) is 27.9 Å². The lowest BCUT2D eigenvalue weighted by atomic mass is 10.0. The number of fused-ring (bicyclic) bond motifs is 1. The number of pyridine rings is 1. The van der Waals surface area contributed by atoms with Gasteiger partial charge in [0.25, 0.3) is 0 Å². The largest absolute Gasteiger partial charge is 0.479 e. The summed E-state index contributed by atoms with van der Waals surface area (Å²) < 4.78 is 39.4. The van der Waals surface area contributed by atoms with Gasteiger partial charge in [-0.05, 0) is 107 Å². The molecule has 0 radical (unpaired) electrons. The Morgan fingerprint density at radius 2 is 1.51 bits per heavy atom. The van der Waals surface area contributed by atoms with Crippen LogP contribution in [0.4, 0.5) is 15.3 Å². The number of aliphatic carboxylic acids is 1. The second kappa shape index (κ2) is 15.9. The Kier molecular flexibility index (Phi) is 12.1. The third kappa shape index (κ3) is 10.5. The monoisotopic (exact) mass is 719 g/mol. The minimum atomic E-state index is -3.73. The molecule has 4 rings (SSSR count). The summed E-state index contributed by atoms with van der Waals surface area (Å²) in [4.78, 5) is 45.1. The summed E-state index contributed by atoms with van der Waals surface area (Å²) in [6.45, 7) is 10.2. The average Bonchev–Trinajstić information content (AvgIpc) is 3.05. The smallest absolute Gasteiger partial charge is 0.439 e. The highest BCUT2D eigenvalue weighted by Crippen LogP contribution is 2.34. The number of aromatic nitrogens is 1. The number of hydrazine groups is 1. The molecule has 3 aromatic carbocycles. The fourth-order valence-electron chi connectivity index (χ4n) is 5.13. The molecule has 0 fully saturated rings. The molecule has 4 aromatic rings. The van der Waals surface area contributed by atoms with Gasteiger partial charge >= 0.3 is 18.2 Å². The highest BCUT2D eigenvalue weighted by atomic mass is 32.2. The van der Waals surface area contributed by atoms with Crippen molar-refractivity contribution < 1.29 is 37.4 Å². The number of carbonyl (C=O) groups excluding carboxylic acids is 2. The van der Waals surface area contributed by atoms with Crippen LogP contribution >= 0.6 is 0 Å². The van der Waals surface area contributed by atoms with E-state index in [4.69, 9.17) is 15.2 Å². The van der Waals surface area contributed by atoms with Crippen LogP contribution in [0.2, 0.25) is 0 Å². The molecule has 272 valence electrons. The molecule has 4 N–H and O–H groups in total. The summed E-state index contributed by atoms with van der Waals surface area (Å²) in [7, 11) is -3.73. The van der Waals surface area contributed by atoms with E-state index in [0.717, 1.165) is 16.0 Å². The van der Waals surface area contributed by atoms with E-state index in [1.807, 2.05) is 0 Å². The molecule has 2 amide bonds. The minimum Gasteiger partial charge on any atom is -0.479 e. The van der Waals surface area contributed by atoms with E-state index in [0.29, 0.717) is 28.8 Å². The number of carbonyl (C=O) groups is 3. The Bertz CT molecular complexity index is 1940. The molecule has 0 aliphatic heterocycles. The number of aryl methyl sites for hydroxylation is 1. The highest BCUT2D eigenvalue weighted by Gasteiger charge is 2.42. The van der Waals surface area contributed by atoms with Gasteiger partial charge in [-0.15, -0.1) is 5.01 Å². The zero-order chi connectivity index (χ0) is 37.6. The third-order valence-electron chi connectivity index (χ3n) is 7.39. The normalized spacial score (nSPS) is 12.6. The van der Waals surface area contributed by atoms with Crippen molar-refractivity contribution in [2.75, 3.05) is 11.6 Å². The summed E-state index contributed by atoms with van der Waals surface area (Å²) in [5.74, 6) is -1.36. The molecule has 1 atom stereocenters. The maximum Gasteiger partial charge on any atom is 0.439 e. The standard InChI is InChI=1S/C37H45N5O8S/c1-36(2,3)49-34(45)42(35(46)50-37(4,5)6)41(30-17-16-29-24-39-20-18-28(29)22-30)32(33(43)44)27-14-12-25(13-15-27)10-8-19-40-51(47,48)31-11-7-9-26(21-31)23-38/h7,9,11-18,20-22,24,32,40H,8,10,19,23,38H2,1-6H3,(H,43,44). The van der Waals surface area contributed by atoms with Crippen LogP contribution in [-0.2, 0) is 37.3 Å². The summed E-state index contributed by atoms with van der Waals surface area (Å²) in [5, 5.41) is 13.8. The Labute approximate surface area is 298 Å². The number of nitrogens with zero attached hydrogens (tertiary/aromatic N) is 3. The lowest BCUT2D eigenvalue weighted by molar-refractivity contribution is -0.139. The number of nitrogens with one attached hydrogen (secondary N) is 1. The summed E-state index contributed by atoms with van der Waals surface area (Å²) in [5.41, 5.74) is 5.53. The number of anilines is 1. The van der Waals surface area contributed by atoms with E-state index in [1.165, 1.54) is 12.1 Å². The molecular formula is C37H45N5O8S. The van der Waals surface area contributed by atoms with E-state index in [-0.39, 0.29) is 29.2 Å². The van der Waals surface area contributed by atoms with Crippen molar-refractivity contribution in [2.45, 2.75) is 83.1 Å². The van der Waals surface area contributed by atoms with Gasteiger partial charge in [0, 0.05) is 30.9 Å². The number of carboxylic acids is 1. The van der Waals surface area contributed by atoms with Gasteiger partial charge in [-0.25, -0.2) is 27.5 Å². The van der Waals surface area contributed by atoms with Crippen molar-refractivity contribution in [3.05, 3.63) is 102 Å². The SMILES string of the molecule is CC(C)(C)OC(=O)N(C(=O)OC(C)(C)C)N(c1ccc2cnccc2c1)C(C(=O)O)c1ccc(CCCNS(=O)(=O)c2cccc(CN)c2)cc1. The molecule has 13 nitrogen and oxygen atoms in total. The molecule has 0 aliphatic rings. The number of hydrogen-bond acceptors (Lipinski definition) is 10. The van der Waals surface area contributed by atoms with Gasteiger partial charge in [-0.1, -0.05) is 42.5 Å². The Balaban J connectivity index is 1.67. The lowest BCUT2D eigenvalue weighted by Gasteiger charge is -2.39. The average molecular weight is 720 g/mol. The van der Waals surface area contributed by atoms with Crippen LogP contribution in [0.1, 0.15) is 70.7 Å². The van der Waals surface area contributed by atoms with Gasteiger partial charge in [0.05, 0.1) is 10.6 Å². The van der Waals surface area contributed by atoms with Crippen LogP contribution < -0.4 is 15.5 Å². The first-order chi connectivity index (χ1) is 23.9. The van der Waals surface area contributed by atoms with E-state index < -0.39 is 45.4 Å². The van der Waals surface area contributed by atoms with E-state index >= 15 is 0 Å². The first kappa shape index (κ1) is 38.7. The topological polar surface area (TPSA) is 181 Å². The number of hydrogen-bond donors (Lipinski definition) is 3. The predicted molar refractivity (Wildman–Crippen MR) is 193 cm³/mol. The minimum absolute atomic E-state index is 0.133. The second-order valence-electron chi connectivity index (χ2n) is 13.9. The lowest BCUT2D eigenvalue weighted by Crippen LogP contribution is -2.56. The van der Waals surface area contributed by atoms with Crippen LogP contribution in [0.25, 0.3) is 10.8 Å². The van der Waals surface area contributed by atoms with E-state index in [1.54, 1.807) is 115 Å². The maximum atomic E-state index is 13.8. The van der Waals surface area contributed by atoms with Crippen LogP contribution in [0, 0.1) is 0 Å². The van der Waals surface area contributed by atoms with Gasteiger partial charge < -0.3 is 20.3 Å². The molecule has 0 aliphatic carbocycles. The number of rotatable bonds is 12. The number of ether oxygens (including phenoxy) is 2. The number of amides is 2. The van der Waals surface area contributed by atoms with E-state index in [2.05, 4.69) is 9.71 Å². The summed E-state index contributed by atoms with van der Waals surface area (Å²) >= 11 is 0. The molecule has 1 aromatic heterocycles. The number of imide groups is 1. The molecule has 1 heterocycles. The Morgan fingerprint density at radius 1 is 0.863 bits per heavy atom. The highest BCUT2D eigenvalue weighted by molar-refractivity contribution is 7.89. The Hall–Kier alpha value is -5.05. The van der Waals surface area contributed by atoms with Gasteiger partial charge in [0.1, 0.15) is 11.2 Å². The molecule has 0 bridgehead atoms. The molecule has 1 unspecified atom stereocenters. The summed E-state index contributed by atoms with van der Waals surface area (Å²) in [6.07, 6.45) is 1.89. The van der Waals surface area contributed by atoms with Crippen molar-refractivity contribution in [1.82, 2.24) is 14.7 Å². The van der Waals surface area contributed by atoms with Crippen LogP contribution in [0.3, 0.4) is 0 Å². The van der Waals surface area contributed by atoms with Crippen LogP contribution in [-0.4, -0.2) is 59.4 Å². The Morgan fingerprint density at radius 3 is 2.10 bits per heavy atom. The molecule has 0 saturated heterocycles. The zero-order valence-corrected chi connectivity index (χ0v) is 30.4. The number of sulfonamides is 1. The quantitative estimate of drug-likeness (QED) is 0.110. The fraction of sp³-hybridized carbons (Fsp3) is 0.351. The van der Waals surface area contributed by atoms with Gasteiger partial charge in [-0.3, -0.25) is 9.99 Å². The van der Waals surface area contributed by atoms with Crippen molar-refractivity contribution in [1.29, 1.82) is 0 Å². The van der Waals surface area contributed by atoms with Gasteiger partial charge in [-0.2, -0.15) is 0 Å². The van der Waals surface area contributed by atoms with Gasteiger partial charge in [0.2, 0.25) is 10.0 Å². The van der Waals surface area contributed by atoms with Crippen molar-refractivity contribution >= 4 is 44.6 Å². The molecule has 14 heteroatoms. The maximum absolute atomic E-state index is 13.8. The predicted octanol–water partition coefficient (Wildman–Crippen LogP) is 6.32. The molecule has 0 saturated carbocycles. The number of nitrogens with two attached hydrogens (primary N) is 1. The first-order valence-electron chi connectivity index (χ1n) is 16.4. The van der Waals surface area contributed by atoms with Crippen LogP contribution in [0.5, 0.6) is 0 Å². The second-order valence-corrected chi connectivity index (χ2v) is 15.6. The van der Waals surface area contributed by atoms with Crippen molar-refractivity contribution in [3.8, 4) is 0 Å². The molecule has 0 spiro atoms. The first-order valence-corrected chi connectivity index (χ1v) is 17.9. The van der Waals surface area contributed by atoms with Crippen molar-refractivity contribution in [3.63, 3.8) is 0 Å². The number of carboxylic acid groups (broad SMARTS) is 1. The molecular weight excluding hydrogens is 675 g/mol. The van der Waals surface area contributed by atoms with Gasteiger partial charge in [0.15, 0.2) is 6.04 Å².